The number of aromatic nitrogens is 1. The number of carbonyl (C=O) groups excluding carboxylic acids is 1. The minimum Gasteiger partial charge on any atom is -0.493 e. The quantitative estimate of drug-likeness (QED) is 0.422. The smallest absolute Gasteiger partial charge is 0.204 e. The van der Waals surface area contributed by atoms with Crippen LogP contribution in [-0.2, 0) is 13.0 Å². The number of pyridine rings is 1. The summed E-state index contributed by atoms with van der Waals surface area (Å²) >= 11 is 12.3. The molecule has 0 saturated carbocycles. The van der Waals surface area contributed by atoms with E-state index in [2.05, 4.69) is 4.98 Å². The Kier molecular flexibility index (Phi) is 7.13. The largest absolute Gasteiger partial charge is 0.493 e. The summed E-state index contributed by atoms with van der Waals surface area (Å²) in [5, 5.41) is 0.565. The zero-order valence-electron chi connectivity index (χ0n) is 16.2. The summed E-state index contributed by atoms with van der Waals surface area (Å²) in [5.41, 5.74) is 1.02. The molecule has 5 nitrogen and oxygen atoms in total. The van der Waals surface area contributed by atoms with Crippen LogP contribution in [-0.4, -0.2) is 25.0 Å². The standard InChI is InChI=1S/C22H18Cl2FNO4/c1-28-20-8-7-14(19(27)9-15-16(23)10-26-11-17(15)24)21(22(20)29-2)30-12-13-5-3-4-6-18(13)25/h3-8,10-11H,9,12H2,1-2H3. The number of methoxy groups -OCH3 is 2. The van der Waals surface area contributed by atoms with Crippen LogP contribution in [0.25, 0.3) is 0 Å². The molecule has 1 aromatic heterocycles. The molecule has 0 fully saturated rings. The van der Waals surface area contributed by atoms with Crippen molar-refractivity contribution in [3.63, 3.8) is 0 Å². The molecule has 0 aliphatic heterocycles. The van der Waals surface area contributed by atoms with Crippen LogP contribution in [0.5, 0.6) is 17.2 Å². The fourth-order valence-electron chi connectivity index (χ4n) is 2.89. The SMILES string of the molecule is COc1ccc(C(=O)Cc2c(Cl)cncc2Cl)c(OCc2ccccc2F)c1OC. The van der Waals surface area contributed by atoms with Gasteiger partial charge in [0.25, 0.3) is 0 Å². The number of ether oxygens (including phenoxy) is 3. The van der Waals surface area contributed by atoms with Gasteiger partial charge in [-0.3, -0.25) is 9.78 Å². The minimum atomic E-state index is -0.414. The van der Waals surface area contributed by atoms with E-state index in [4.69, 9.17) is 37.4 Å². The van der Waals surface area contributed by atoms with Crippen LogP contribution in [0.2, 0.25) is 10.0 Å². The third-order valence-electron chi connectivity index (χ3n) is 4.42. The van der Waals surface area contributed by atoms with Gasteiger partial charge in [0, 0.05) is 29.9 Å². The normalized spacial score (nSPS) is 10.6. The number of nitrogens with zero attached hydrogens (tertiary/aromatic N) is 1. The van der Waals surface area contributed by atoms with Crippen LogP contribution in [0, 0.1) is 5.82 Å². The van der Waals surface area contributed by atoms with E-state index < -0.39 is 5.82 Å². The number of hydrogen-bond donors (Lipinski definition) is 0. The van der Waals surface area contributed by atoms with E-state index in [-0.39, 0.29) is 45.9 Å². The van der Waals surface area contributed by atoms with Crippen molar-refractivity contribution in [2.24, 2.45) is 0 Å². The highest BCUT2D eigenvalue weighted by Gasteiger charge is 2.23. The molecule has 0 amide bonds. The zero-order chi connectivity index (χ0) is 21.7. The van der Waals surface area contributed by atoms with Crippen molar-refractivity contribution in [1.29, 1.82) is 0 Å². The molecule has 3 aromatic rings. The lowest BCUT2D eigenvalue weighted by atomic mass is 10.0. The first-order chi connectivity index (χ1) is 14.5. The van der Waals surface area contributed by atoms with Crippen molar-refractivity contribution in [3.05, 3.63) is 81.3 Å². The van der Waals surface area contributed by atoms with Gasteiger partial charge in [0.2, 0.25) is 5.75 Å². The number of Topliss-reactive ketones (excluding diaryl/α,β-unsaturated/α-hetero) is 1. The first-order valence-electron chi connectivity index (χ1n) is 8.88. The summed E-state index contributed by atoms with van der Waals surface area (Å²) in [7, 11) is 2.90. The third-order valence-corrected chi connectivity index (χ3v) is 5.07. The van der Waals surface area contributed by atoms with Gasteiger partial charge in [-0.1, -0.05) is 41.4 Å². The van der Waals surface area contributed by atoms with Gasteiger partial charge < -0.3 is 14.2 Å². The number of ketones is 1. The monoisotopic (exact) mass is 449 g/mol. The molecule has 156 valence electrons. The molecule has 0 N–H and O–H groups in total. The molecule has 2 aromatic carbocycles. The molecule has 0 saturated heterocycles. The molecule has 0 aliphatic rings. The lowest BCUT2D eigenvalue weighted by molar-refractivity contribution is 0.0987. The number of rotatable bonds is 8. The van der Waals surface area contributed by atoms with Crippen molar-refractivity contribution in [2.45, 2.75) is 13.0 Å². The first kappa shape index (κ1) is 21.9. The van der Waals surface area contributed by atoms with Crippen molar-refractivity contribution < 1.29 is 23.4 Å². The van der Waals surface area contributed by atoms with Crippen LogP contribution < -0.4 is 14.2 Å². The lowest BCUT2D eigenvalue weighted by Crippen LogP contribution is -2.10. The van der Waals surface area contributed by atoms with Gasteiger partial charge in [-0.25, -0.2) is 4.39 Å². The molecule has 0 bridgehead atoms. The fourth-order valence-corrected chi connectivity index (χ4v) is 3.39. The predicted molar refractivity (Wildman–Crippen MR) is 113 cm³/mol. The fraction of sp³-hybridized carbons (Fsp3) is 0.182. The van der Waals surface area contributed by atoms with E-state index in [1.54, 1.807) is 30.3 Å². The van der Waals surface area contributed by atoms with E-state index in [0.29, 0.717) is 16.9 Å². The van der Waals surface area contributed by atoms with Gasteiger partial charge in [-0.2, -0.15) is 0 Å². The van der Waals surface area contributed by atoms with Crippen molar-refractivity contribution in [3.8, 4) is 17.2 Å². The van der Waals surface area contributed by atoms with E-state index in [1.807, 2.05) is 0 Å². The van der Waals surface area contributed by atoms with Gasteiger partial charge in [0.05, 0.1) is 29.8 Å². The molecule has 0 unspecified atom stereocenters. The summed E-state index contributed by atoms with van der Waals surface area (Å²) in [6, 6.07) is 9.37. The molecule has 0 radical (unpaired) electrons. The van der Waals surface area contributed by atoms with Gasteiger partial charge in [-0.15, -0.1) is 0 Å². The number of carbonyl (C=O) groups is 1. The van der Waals surface area contributed by atoms with Crippen molar-refractivity contribution in [1.82, 2.24) is 4.98 Å². The van der Waals surface area contributed by atoms with Crippen LogP contribution in [0.1, 0.15) is 21.5 Å². The van der Waals surface area contributed by atoms with Gasteiger partial charge >= 0.3 is 0 Å². The summed E-state index contributed by atoms with van der Waals surface area (Å²) in [4.78, 5) is 17.0. The molecule has 1 heterocycles. The predicted octanol–water partition coefficient (Wildman–Crippen LogP) is 5.55. The maximum absolute atomic E-state index is 14.0. The summed E-state index contributed by atoms with van der Waals surface area (Å²) in [6.45, 7) is -0.104. The minimum absolute atomic E-state index is 0.0777. The molecular weight excluding hydrogens is 432 g/mol. The highest BCUT2D eigenvalue weighted by molar-refractivity contribution is 6.36. The van der Waals surface area contributed by atoms with E-state index >= 15 is 0 Å². The second-order valence-corrected chi connectivity index (χ2v) is 7.05. The van der Waals surface area contributed by atoms with Gasteiger partial charge in [-0.05, 0) is 18.2 Å². The molecule has 30 heavy (non-hydrogen) atoms. The Hall–Kier alpha value is -2.83. The van der Waals surface area contributed by atoms with Crippen LogP contribution in [0.3, 0.4) is 0 Å². The van der Waals surface area contributed by atoms with Crippen molar-refractivity contribution in [2.75, 3.05) is 14.2 Å². The Morgan fingerprint density at radius 1 is 1.00 bits per heavy atom. The highest BCUT2D eigenvalue weighted by atomic mass is 35.5. The first-order valence-corrected chi connectivity index (χ1v) is 9.64. The number of halogens is 3. The van der Waals surface area contributed by atoms with Crippen molar-refractivity contribution >= 4 is 29.0 Å². The molecule has 0 atom stereocenters. The Morgan fingerprint density at radius 3 is 2.33 bits per heavy atom. The molecule has 8 heteroatoms. The van der Waals surface area contributed by atoms with Crippen LogP contribution in [0.4, 0.5) is 4.39 Å². The van der Waals surface area contributed by atoms with Crippen LogP contribution in [0.15, 0.2) is 48.8 Å². The Bertz CT molecular complexity index is 1050. The summed E-state index contributed by atoms with van der Waals surface area (Å²) < 4.78 is 30.6. The zero-order valence-corrected chi connectivity index (χ0v) is 17.8. The molecule has 0 spiro atoms. The second kappa shape index (κ2) is 9.78. The third kappa shape index (κ3) is 4.66. The van der Waals surface area contributed by atoms with E-state index in [1.165, 1.54) is 32.7 Å². The maximum atomic E-state index is 14.0. The molecule has 0 aliphatic carbocycles. The second-order valence-electron chi connectivity index (χ2n) is 6.24. The van der Waals surface area contributed by atoms with E-state index in [0.717, 1.165) is 0 Å². The Morgan fingerprint density at radius 2 is 1.70 bits per heavy atom. The summed E-state index contributed by atoms with van der Waals surface area (Å²) in [6.07, 6.45) is 2.76. The number of hydrogen-bond acceptors (Lipinski definition) is 5. The van der Waals surface area contributed by atoms with Crippen LogP contribution >= 0.6 is 23.2 Å². The molecule has 3 rings (SSSR count). The maximum Gasteiger partial charge on any atom is 0.204 e. The average molecular weight is 450 g/mol. The topological polar surface area (TPSA) is 57.7 Å². The van der Waals surface area contributed by atoms with Gasteiger partial charge in [0.1, 0.15) is 12.4 Å². The average Bonchev–Trinajstić information content (AvgIpc) is 2.74. The van der Waals surface area contributed by atoms with E-state index in [9.17, 15) is 9.18 Å². The summed E-state index contributed by atoms with van der Waals surface area (Å²) in [5.74, 6) is 0.0210. The Balaban J connectivity index is 1.99. The number of benzene rings is 2. The molecular formula is C22H18Cl2FNO4. The Labute approximate surface area is 183 Å². The van der Waals surface area contributed by atoms with Gasteiger partial charge in [0.15, 0.2) is 17.3 Å². The highest BCUT2D eigenvalue weighted by Crippen LogP contribution is 2.41. The lowest BCUT2D eigenvalue weighted by Gasteiger charge is -2.17.